The van der Waals surface area contributed by atoms with Crippen molar-refractivity contribution in [3.8, 4) is 0 Å². The van der Waals surface area contributed by atoms with E-state index < -0.39 is 21.8 Å². The molecule has 0 aromatic heterocycles. The minimum absolute atomic E-state index is 0.00646. The average molecular weight is 370 g/mol. The molecule has 0 saturated heterocycles. The second-order valence-electron chi connectivity index (χ2n) is 4.61. The van der Waals surface area contributed by atoms with E-state index in [4.69, 9.17) is 16.3 Å². The molecule has 24 heavy (non-hydrogen) atoms. The molecule has 0 radical (unpaired) electrons. The minimum Gasteiger partial charge on any atom is -0.458 e. The molecule has 8 heteroatoms. The van der Waals surface area contributed by atoms with Crippen molar-refractivity contribution in [2.45, 2.75) is 4.90 Å². The van der Waals surface area contributed by atoms with Crippen LogP contribution in [0, 0.1) is 5.82 Å². The predicted molar refractivity (Wildman–Crippen MR) is 89.1 cm³/mol. The molecule has 126 valence electrons. The first-order chi connectivity index (χ1) is 11.3. The van der Waals surface area contributed by atoms with Crippen molar-refractivity contribution in [2.24, 2.45) is 0 Å². The first-order valence-electron chi connectivity index (χ1n) is 6.70. The summed E-state index contributed by atoms with van der Waals surface area (Å²) in [5.74, 6) is -1.44. The summed E-state index contributed by atoms with van der Waals surface area (Å²) in [4.78, 5) is 11.7. The number of ether oxygens (including phenoxy) is 1. The number of anilines is 1. The van der Waals surface area contributed by atoms with Crippen LogP contribution < -0.4 is 4.72 Å². The molecule has 0 aliphatic rings. The van der Waals surface area contributed by atoms with Crippen LogP contribution in [0.4, 0.5) is 10.1 Å². The zero-order valence-electron chi connectivity index (χ0n) is 12.3. The summed E-state index contributed by atoms with van der Waals surface area (Å²) >= 11 is 5.61. The van der Waals surface area contributed by atoms with Gasteiger partial charge < -0.3 is 4.74 Å². The quantitative estimate of drug-likeness (QED) is 0.623. The van der Waals surface area contributed by atoms with E-state index in [2.05, 4.69) is 11.3 Å². The molecule has 2 aromatic carbocycles. The zero-order chi connectivity index (χ0) is 17.7. The van der Waals surface area contributed by atoms with E-state index in [9.17, 15) is 17.6 Å². The maximum Gasteiger partial charge on any atom is 0.340 e. The van der Waals surface area contributed by atoms with Crippen LogP contribution in [-0.4, -0.2) is 21.0 Å². The summed E-state index contributed by atoms with van der Waals surface area (Å²) in [6.07, 6.45) is 1.39. The maximum atomic E-state index is 13.2. The normalized spacial score (nSPS) is 10.9. The molecule has 0 unspecified atom stereocenters. The van der Waals surface area contributed by atoms with E-state index in [0.717, 1.165) is 18.2 Å². The Hall–Kier alpha value is -2.38. The first-order valence-corrected chi connectivity index (χ1v) is 8.56. The van der Waals surface area contributed by atoms with Crippen LogP contribution in [-0.2, 0) is 14.8 Å². The lowest BCUT2D eigenvalue weighted by Crippen LogP contribution is -2.16. The van der Waals surface area contributed by atoms with E-state index in [1.165, 1.54) is 18.2 Å². The van der Waals surface area contributed by atoms with Crippen molar-refractivity contribution >= 4 is 33.3 Å². The van der Waals surface area contributed by atoms with Crippen LogP contribution in [0.3, 0.4) is 0 Å². The number of nitrogens with one attached hydrogen (secondary N) is 1. The van der Waals surface area contributed by atoms with Crippen molar-refractivity contribution in [3.05, 3.63) is 71.5 Å². The van der Waals surface area contributed by atoms with E-state index in [1.807, 2.05) is 0 Å². The Morgan fingerprint density at radius 1 is 1.29 bits per heavy atom. The summed E-state index contributed by atoms with van der Waals surface area (Å²) in [5, 5.41) is -0.323. The van der Waals surface area contributed by atoms with Crippen LogP contribution in [0.5, 0.6) is 0 Å². The number of hydrogen-bond donors (Lipinski definition) is 1. The molecule has 0 heterocycles. The van der Waals surface area contributed by atoms with Gasteiger partial charge in [0.2, 0.25) is 0 Å². The van der Waals surface area contributed by atoms with Gasteiger partial charge in [0.05, 0.1) is 21.2 Å². The van der Waals surface area contributed by atoms with Gasteiger partial charge in [0.15, 0.2) is 0 Å². The van der Waals surface area contributed by atoms with Gasteiger partial charge in [-0.2, -0.15) is 0 Å². The monoisotopic (exact) mass is 369 g/mol. The van der Waals surface area contributed by atoms with Gasteiger partial charge in [-0.3, -0.25) is 4.72 Å². The molecule has 0 amide bonds. The zero-order valence-corrected chi connectivity index (χ0v) is 13.9. The Labute approximate surface area is 143 Å². The van der Waals surface area contributed by atoms with Crippen LogP contribution in [0.25, 0.3) is 0 Å². The van der Waals surface area contributed by atoms with Crippen LogP contribution in [0.1, 0.15) is 10.4 Å². The summed E-state index contributed by atoms with van der Waals surface area (Å²) in [7, 11) is -4.06. The van der Waals surface area contributed by atoms with Crippen molar-refractivity contribution < 1.29 is 22.3 Å². The lowest BCUT2D eigenvalue weighted by molar-refractivity contribution is 0.0551. The van der Waals surface area contributed by atoms with Crippen molar-refractivity contribution in [1.29, 1.82) is 0 Å². The van der Waals surface area contributed by atoms with E-state index >= 15 is 0 Å². The largest absolute Gasteiger partial charge is 0.458 e. The molecular weight excluding hydrogens is 357 g/mol. The molecule has 5 nitrogen and oxygen atoms in total. The molecule has 1 N–H and O–H groups in total. The molecule has 2 rings (SSSR count). The molecule has 2 aromatic rings. The van der Waals surface area contributed by atoms with E-state index in [0.29, 0.717) is 0 Å². The second kappa shape index (κ2) is 7.46. The Morgan fingerprint density at radius 3 is 2.67 bits per heavy atom. The molecule has 0 aliphatic carbocycles. The number of carbonyl (C=O) groups excluding carboxylic acids is 1. The summed E-state index contributed by atoms with van der Waals surface area (Å²) in [6, 6.07) is 8.95. The van der Waals surface area contributed by atoms with Crippen molar-refractivity contribution in [3.63, 3.8) is 0 Å². The maximum absolute atomic E-state index is 13.2. The third kappa shape index (κ3) is 4.12. The van der Waals surface area contributed by atoms with Crippen LogP contribution >= 0.6 is 11.6 Å². The lowest BCUT2D eigenvalue weighted by atomic mass is 10.2. The number of sulfonamides is 1. The highest BCUT2D eigenvalue weighted by atomic mass is 35.5. The summed E-state index contributed by atoms with van der Waals surface area (Å²) in [6.45, 7) is 3.42. The molecular formula is C16H13ClFNO4S. The Morgan fingerprint density at radius 2 is 2.00 bits per heavy atom. The smallest absolute Gasteiger partial charge is 0.340 e. The van der Waals surface area contributed by atoms with Crippen molar-refractivity contribution in [2.75, 3.05) is 11.3 Å². The number of carbonyl (C=O) groups is 1. The molecule has 0 bridgehead atoms. The van der Waals surface area contributed by atoms with Crippen LogP contribution in [0.2, 0.25) is 5.02 Å². The number of rotatable bonds is 6. The summed E-state index contributed by atoms with van der Waals surface area (Å²) < 4.78 is 45.2. The Bertz CT molecular complexity index is 883. The fourth-order valence-electron chi connectivity index (χ4n) is 1.81. The molecule has 0 fully saturated rings. The SMILES string of the molecule is C=CCOC(=O)c1ccccc1NS(=O)(=O)c1ccc(F)c(Cl)c1. The average Bonchev–Trinajstić information content (AvgIpc) is 2.55. The van der Waals surface area contributed by atoms with Gasteiger partial charge in [0.1, 0.15) is 12.4 Å². The molecule has 0 saturated carbocycles. The lowest BCUT2D eigenvalue weighted by Gasteiger charge is -2.12. The third-order valence-electron chi connectivity index (χ3n) is 2.92. The van der Waals surface area contributed by atoms with Crippen molar-refractivity contribution in [1.82, 2.24) is 0 Å². The van der Waals surface area contributed by atoms with Gasteiger partial charge in [-0.25, -0.2) is 17.6 Å². The minimum atomic E-state index is -4.06. The van der Waals surface area contributed by atoms with Gasteiger partial charge in [-0.05, 0) is 30.3 Å². The fourth-order valence-corrected chi connectivity index (χ4v) is 3.16. The van der Waals surface area contributed by atoms with Gasteiger partial charge in [0.25, 0.3) is 10.0 Å². The number of para-hydroxylation sites is 1. The number of halogens is 2. The van der Waals surface area contributed by atoms with Gasteiger partial charge in [-0.1, -0.05) is 36.4 Å². The second-order valence-corrected chi connectivity index (χ2v) is 6.70. The first kappa shape index (κ1) is 18.0. The van der Waals surface area contributed by atoms with Gasteiger partial charge in [-0.15, -0.1) is 0 Å². The standard InChI is InChI=1S/C16H13ClFNO4S/c1-2-9-23-16(20)12-5-3-4-6-15(12)19-24(21,22)11-7-8-14(18)13(17)10-11/h2-8,10,19H,1,9H2. The fraction of sp³-hybridized carbons (Fsp3) is 0.0625. The predicted octanol–water partition coefficient (Wildman–Crippen LogP) is 3.62. The molecule has 0 spiro atoms. The third-order valence-corrected chi connectivity index (χ3v) is 4.58. The number of hydrogen-bond acceptors (Lipinski definition) is 4. The van der Waals surface area contributed by atoms with Crippen LogP contribution in [0.15, 0.2) is 60.0 Å². The molecule has 0 aliphatic heterocycles. The number of esters is 1. The van der Waals surface area contributed by atoms with Gasteiger partial charge >= 0.3 is 5.97 Å². The Balaban J connectivity index is 2.34. The number of benzene rings is 2. The Kier molecular flexibility index (Phi) is 5.58. The highest BCUT2D eigenvalue weighted by Crippen LogP contribution is 2.24. The highest BCUT2D eigenvalue weighted by molar-refractivity contribution is 7.92. The topological polar surface area (TPSA) is 72.5 Å². The van der Waals surface area contributed by atoms with E-state index in [-0.39, 0.29) is 27.8 Å². The highest BCUT2D eigenvalue weighted by Gasteiger charge is 2.20. The van der Waals surface area contributed by atoms with E-state index in [1.54, 1.807) is 12.1 Å². The van der Waals surface area contributed by atoms with Gasteiger partial charge in [0, 0.05) is 0 Å². The summed E-state index contributed by atoms with van der Waals surface area (Å²) in [5.41, 5.74) is 0.0724. The molecule has 0 atom stereocenters.